The minimum atomic E-state index is -3.92. The Morgan fingerprint density at radius 3 is 2.61 bits per heavy atom. The summed E-state index contributed by atoms with van der Waals surface area (Å²) in [5, 5.41) is 20.8. The maximum atomic E-state index is 13.7. The predicted molar refractivity (Wildman–Crippen MR) is 145 cm³/mol. The molecule has 10 nitrogen and oxygen atoms in total. The van der Waals surface area contributed by atoms with Gasteiger partial charge in [0.1, 0.15) is 11.3 Å². The third-order valence-electron chi connectivity index (χ3n) is 7.40. The van der Waals surface area contributed by atoms with Crippen LogP contribution in [0.15, 0.2) is 65.6 Å². The molecule has 2 aromatic carbocycles. The van der Waals surface area contributed by atoms with E-state index in [-0.39, 0.29) is 4.90 Å². The summed E-state index contributed by atoms with van der Waals surface area (Å²) in [5.41, 5.74) is 6.61. The van der Waals surface area contributed by atoms with E-state index in [1.165, 1.54) is 0 Å². The third kappa shape index (κ3) is 4.16. The highest BCUT2D eigenvalue weighted by Gasteiger charge is 2.39. The number of anilines is 1. The van der Waals surface area contributed by atoms with Crippen LogP contribution in [-0.4, -0.2) is 42.0 Å². The monoisotopic (exact) mass is 533 g/mol. The van der Waals surface area contributed by atoms with Crippen molar-refractivity contribution < 1.29 is 13.2 Å². The van der Waals surface area contributed by atoms with Crippen molar-refractivity contribution in [1.82, 2.24) is 19.2 Å². The van der Waals surface area contributed by atoms with Crippen LogP contribution in [-0.2, 0) is 20.5 Å². The van der Waals surface area contributed by atoms with Gasteiger partial charge in [0.05, 0.1) is 16.1 Å². The molecular formula is C27H31N7O3S. The minimum Gasteiger partial charge on any atom is -0.381 e. The summed E-state index contributed by atoms with van der Waals surface area (Å²) in [6, 6.07) is 17.9. The van der Waals surface area contributed by atoms with E-state index in [9.17, 15) is 8.42 Å². The van der Waals surface area contributed by atoms with Crippen molar-refractivity contribution >= 4 is 26.7 Å². The van der Waals surface area contributed by atoms with Crippen molar-refractivity contribution in [2.75, 3.05) is 30.5 Å². The Bertz CT molecular complexity index is 1670. The molecule has 1 fully saturated rings. The standard InChI is InChI=1S/C27H31N7O3S/c1-18-6-9-22(10-7-18)38(35,36)34-24-16-21(8-11-23(24)19(2)31-34)27(29-17-20-12-14-37-15-13-20)30-26-5-3-4-25(28)33(26)32-27/h3-11,16,20,28-30,32H,12-15,17H2,1-2H3. The molecule has 0 amide bonds. The lowest BCUT2D eigenvalue weighted by molar-refractivity contribution is 0.0643. The molecule has 198 valence electrons. The van der Waals surface area contributed by atoms with Crippen LogP contribution in [0.3, 0.4) is 0 Å². The summed E-state index contributed by atoms with van der Waals surface area (Å²) in [6.45, 7) is 5.93. The summed E-state index contributed by atoms with van der Waals surface area (Å²) in [5.74, 6) is 0.202. The molecule has 2 aliphatic rings. The van der Waals surface area contributed by atoms with Crippen LogP contribution in [0.4, 0.5) is 5.82 Å². The number of pyridine rings is 1. The Hall–Kier alpha value is -3.67. The highest BCUT2D eigenvalue weighted by atomic mass is 32.2. The van der Waals surface area contributed by atoms with Gasteiger partial charge in [-0.15, -0.1) is 0 Å². The Balaban J connectivity index is 1.45. The smallest absolute Gasteiger partial charge is 0.283 e. The zero-order valence-electron chi connectivity index (χ0n) is 21.4. The third-order valence-corrected chi connectivity index (χ3v) is 9.00. The van der Waals surface area contributed by atoms with Gasteiger partial charge in [-0.05, 0) is 62.9 Å². The molecule has 0 radical (unpaired) electrons. The van der Waals surface area contributed by atoms with Crippen LogP contribution in [0.2, 0.25) is 0 Å². The average molecular weight is 534 g/mol. The number of rotatable bonds is 6. The lowest BCUT2D eigenvalue weighted by Gasteiger charge is -2.34. The number of ether oxygens (including phenoxy) is 1. The number of aryl methyl sites for hydroxylation is 2. The molecule has 1 unspecified atom stereocenters. The van der Waals surface area contributed by atoms with Crippen LogP contribution in [0.25, 0.3) is 10.9 Å². The van der Waals surface area contributed by atoms with Gasteiger partial charge < -0.3 is 10.1 Å². The molecule has 38 heavy (non-hydrogen) atoms. The summed E-state index contributed by atoms with van der Waals surface area (Å²) < 4.78 is 35.7. The van der Waals surface area contributed by atoms with Crippen molar-refractivity contribution in [3.8, 4) is 0 Å². The Kier molecular flexibility index (Phi) is 6.01. The summed E-state index contributed by atoms with van der Waals surface area (Å²) >= 11 is 0. The van der Waals surface area contributed by atoms with Crippen LogP contribution < -0.4 is 21.5 Å². The molecule has 2 aliphatic heterocycles. The van der Waals surface area contributed by atoms with E-state index in [0.29, 0.717) is 29.2 Å². The van der Waals surface area contributed by atoms with Gasteiger partial charge >= 0.3 is 0 Å². The van der Waals surface area contributed by atoms with E-state index in [1.54, 1.807) is 35.0 Å². The van der Waals surface area contributed by atoms with Gasteiger partial charge in [0.25, 0.3) is 10.0 Å². The Labute approximate surface area is 221 Å². The fourth-order valence-electron chi connectivity index (χ4n) is 5.15. The summed E-state index contributed by atoms with van der Waals surface area (Å²) in [4.78, 5) is 0.184. The normalized spacial score (nSPS) is 19.7. The molecule has 4 heterocycles. The largest absolute Gasteiger partial charge is 0.381 e. The first-order valence-corrected chi connectivity index (χ1v) is 14.2. The first-order valence-electron chi connectivity index (χ1n) is 12.7. The molecule has 0 bridgehead atoms. The highest BCUT2D eigenvalue weighted by molar-refractivity contribution is 7.90. The molecule has 11 heteroatoms. The zero-order chi connectivity index (χ0) is 26.5. The molecule has 2 aromatic heterocycles. The number of benzene rings is 2. The summed E-state index contributed by atoms with van der Waals surface area (Å²) in [6.07, 6.45) is 1.93. The second-order valence-electron chi connectivity index (χ2n) is 10.0. The first-order chi connectivity index (χ1) is 18.3. The Morgan fingerprint density at radius 2 is 1.87 bits per heavy atom. The van der Waals surface area contributed by atoms with Crippen LogP contribution in [0, 0.1) is 25.2 Å². The van der Waals surface area contributed by atoms with Crippen molar-refractivity contribution in [3.63, 3.8) is 0 Å². The van der Waals surface area contributed by atoms with Gasteiger partial charge in [-0.1, -0.05) is 35.9 Å². The highest BCUT2D eigenvalue weighted by Crippen LogP contribution is 2.32. The fourth-order valence-corrected chi connectivity index (χ4v) is 6.47. The minimum absolute atomic E-state index is 0.184. The lowest BCUT2D eigenvalue weighted by Crippen LogP contribution is -2.55. The molecule has 1 atom stereocenters. The maximum absolute atomic E-state index is 13.7. The van der Waals surface area contributed by atoms with Gasteiger partial charge in [-0.3, -0.25) is 16.2 Å². The van der Waals surface area contributed by atoms with Crippen molar-refractivity contribution in [3.05, 3.63) is 83.0 Å². The number of nitrogens with one attached hydrogen (secondary N) is 4. The van der Waals surface area contributed by atoms with E-state index >= 15 is 0 Å². The maximum Gasteiger partial charge on any atom is 0.283 e. The number of aromatic nitrogens is 3. The number of hydrogen-bond donors (Lipinski definition) is 4. The quantitative estimate of drug-likeness (QED) is 0.300. The molecule has 1 saturated heterocycles. The first kappa shape index (κ1) is 24.7. The molecule has 4 aromatic rings. The molecule has 0 spiro atoms. The van der Waals surface area contributed by atoms with Crippen molar-refractivity contribution in [2.24, 2.45) is 5.92 Å². The predicted octanol–water partition coefficient (Wildman–Crippen LogP) is 2.97. The van der Waals surface area contributed by atoms with E-state index in [2.05, 4.69) is 21.2 Å². The van der Waals surface area contributed by atoms with Crippen molar-refractivity contribution in [2.45, 2.75) is 37.4 Å². The summed E-state index contributed by atoms with van der Waals surface area (Å²) in [7, 11) is -3.92. The lowest BCUT2D eigenvalue weighted by atomic mass is 9.99. The van der Waals surface area contributed by atoms with Gasteiger partial charge in [0.15, 0.2) is 0 Å². The number of nitrogens with zero attached hydrogens (tertiary/aromatic N) is 3. The van der Waals surface area contributed by atoms with Crippen LogP contribution >= 0.6 is 0 Å². The molecule has 0 saturated carbocycles. The van der Waals surface area contributed by atoms with Gasteiger partial charge in [-0.2, -0.15) is 17.6 Å². The van der Waals surface area contributed by atoms with Gasteiger partial charge in [0.2, 0.25) is 5.79 Å². The molecule has 6 rings (SSSR count). The number of hydrogen-bond acceptors (Lipinski definition) is 8. The second-order valence-corrected chi connectivity index (χ2v) is 11.8. The topological polar surface area (TPSA) is 126 Å². The van der Waals surface area contributed by atoms with E-state index in [1.807, 2.05) is 44.2 Å². The van der Waals surface area contributed by atoms with Crippen LogP contribution in [0.5, 0.6) is 0 Å². The number of fused-ring (bicyclic) bond motifs is 2. The molecule has 4 N–H and O–H groups in total. The van der Waals surface area contributed by atoms with E-state index in [4.69, 9.17) is 10.1 Å². The molecular weight excluding hydrogens is 502 g/mol. The second kappa shape index (κ2) is 9.26. The van der Waals surface area contributed by atoms with Gasteiger partial charge in [0, 0.05) is 30.7 Å². The van der Waals surface area contributed by atoms with Gasteiger partial charge in [-0.25, -0.2) is 4.68 Å². The van der Waals surface area contributed by atoms with Crippen LogP contribution in [0.1, 0.15) is 29.7 Å². The van der Waals surface area contributed by atoms with E-state index in [0.717, 1.165) is 52.5 Å². The average Bonchev–Trinajstić information content (AvgIpc) is 3.48. The fraction of sp³-hybridized carbons (Fsp3) is 0.333. The van der Waals surface area contributed by atoms with Crippen molar-refractivity contribution in [1.29, 1.82) is 5.41 Å². The SMILES string of the molecule is Cc1ccc(S(=O)(=O)n2nc(C)c3ccc(C4(NCC5CCOCC5)Nc5cccc(=N)n5N4)cc32)cc1. The Morgan fingerprint density at radius 1 is 1.11 bits per heavy atom. The van der Waals surface area contributed by atoms with E-state index < -0.39 is 15.8 Å². The zero-order valence-corrected chi connectivity index (χ0v) is 22.2. The molecule has 0 aliphatic carbocycles.